The fourth-order valence-electron chi connectivity index (χ4n) is 0. The molecule has 0 fully saturated rings. The van der Waals surface area contributed by atoms with Gasteiger partial charge < -0.3 is 0 Å². The molecule has 0 saturated heterocycles. The van der Waals surface area contributed by atoms with Crippen LogP contribution in [0.1, 0.15) is 4.11 Å². The summed E-state index contributed by atoms with van der Waals surface area (Å²) in [5, 5.41) is -2.49. The number of hydrogen-bond donors (Lipinski definition) is 0. The van der Waals surface area contributed by atoms with E-state index in [1.54, 1.807) is 0 Å². The van der Waals surface area contributed by atoms with Crippen LogP contribution in [0.2, 0.25) is 0 Å². The Balaban J connectivity index is 3.54. The molecule has 0 aromatic carbocycles. The van der Waals surface area contributed by atoms with Gasteiger partial charge in [0.15, 0.2) is 0 Å². The van der Waals surface area contributed by atoms with Gasteiger partial charge in [0.2, 0.25) is 0 Å². The van der Waals surface area contributed by atoms with Crippen LogP contribution in [0.15, 0.2) is 0 Å². The summed E-state index contributed by atoms with van der Waals surface area (Å²) in [4.78, 5) is 0. The third-order valence-electron chi connectivity index (χ3n) is 0.0412. The molecule has 2 heteroatoms. The van der Waals surface area contributed by atoms with E-state index in [9.17, 15) is 0 Å². The summed E-state index contributed by atoms with van der Waals surface area (Å²) in [6.07, 6.45) is 0. The maximum Gasteiger partial charge on any atom is 0.0395 e. The van der Waals surface area contributed by atoms with E-state index in [0.717, 1.165) is 0 Å². The number of hydrogen-bond acceptors (Lipinski definition) is 0. The van der Waals surface area contributed by atoms with Crippen LogP contribution in [0.3, 0.4) is 0 Å². The minimum absolute atomic E-state index is 0.889. The van der Waals surface area contributed by atoms with Crippen LogP contribution in [0.4, 0.5) is 0 Å². The fourth-order valence-corrected chi connectivity index (χ4v) is 0. The average Bonchev–Trinajstić information content (AvgIpc) is 1.31. The van der Waals surface area contributed by atoms with E-state index >= 15 is 0 Å². The molecular formula is C2H4Br2. The zero-order chi connectivity index (χ0) is 6.08. The first kappa shape index (κ1) is 1.61. The van der Waals surface area contributed by atoms with Crippen molar-refractivity contribution in [3.8, 4) is 0 Å². The third kappa shape index (κ3) is 2.96. The van der Waals surface area contributed by atoms with Gasteiger partial charge in [0.05, 0.1) is 0 Å². The summed E-state index contributed by atoms with van der Waals surface area (Å²) < 4.78 is 20.2. The lowest BCUT2D eigenvalue weighted by Crippen LogP contribution is -1.61. The number of halogens is 2. The molecule has 0 aromatic rings. The molecule has 0 aromatic heterocycles. The number of rotatable bonds is 1. The molecule has 0 nitrogen and oxygen atoms in total. The van der Waals surface area contributed by atoms with Crippen molar-refractivity contribution < 1.29 is 4.11 Å². The highest BCUT2D eigenvalue weighted by Crippen LogP contribution is 1.82. The van der Waals surface area contributed by atoms with Crippen LogP contribution in [0, 0.1) is 0 Å². The second-order valence-corrected chi connectivity index (χ2v) is 1.13. The van der Waals surface area contributed by atoms with Gasteiger partial charge in [-0.25, -0.2) is 0 Å². The van der Waals surface area contributed by atoms with E-state index in [1.165, 1.54) is 0 Å². The summed E-state index contributed by atoms with van der Waals surface area (Å²) in [6.45, 7) is 0. The molecule has 0 bridgehead atoms. The van der Waals surface area contributed by atoms with Crippen LogP contribution in [0.5, 0.6) is 0 Å². The third-order valence-corrected chi connectivity index (χ3v) is 1.11. The Morgan fingerprint density at radius 2 is 2.00 bits per heavy atom. The Morgan fingerprint density at radius 1 is 1.75 bits per heavy atom. The minimum Gasteiger partial charge on any atom is -0.0919 e. The second-order valence-electron chi connectivity index (χ2n) is 0.218. The van der Waals surface area contributed by atoms with E-state index < -0.39 is 10.6 Å². The minimum atomic E-state index is -1.60. The first-order valence-electron chi connectivity index (χ1n) is 2.27. The van der Waals surface area contributed by atoms with Crippen molar-refractivity contribution in [1.29, 1.82) is 0 Å². The first-order chi connectivity index (χ1) is 2.94. The van der Waals surface area contributed by atoms with Crippen molar-refractivity contribution in [2.24, 2.45) is 0 Å². The van der Waals surface area contributed by atoms with Gasteiger partial charge in [-0.2, -0.15) is 0 Å². The molecule has 26 valence electrons. The normalized spacial score (nSPS) is 30.0. The lowest BCUT2D eigenvalue weighted by molar-refractivity contribution is 1.62. The lowest BCUT2D eigenvalue weighted by atomic mass is 11.0. The Bertz CT molecular complexity index is 56.4. The van der Waals surface area contributed by atoms with Gasteiger partial charge in [0.1, 0.15) is 0 Å². The lowest BCUT2D eigenvalue weighted by Gasteiger charge is -1.63. The van der Waals surface area contributed by atoms with E-state index in [-0.39, 0.29) is 0 Å². The molecule has 1 atom stereocenters. The Morgan fingerprint density at radius 3 is 2.00 bits per heavy atom. The molecule has 0 aliphatic carbocycles. The van der Waals surface area contributed by atoms with E-state index in [2.05, 4.69) is 31.9 Å². The second kappa shape index (κ2) is 3.96. The van der Waals surface area contributed by atoms with Crippen molar-refractivity contribution in [3.63, 3.8) is 0 Å². The maximum atomic E-state index is 6.74. The fraction of sp³-hybridized carbons (Fsp3) is 1.00. The van der Waals surface area contributed by atoms with Crippen molar-refractivity contribution >= 4 is 31.9 Å². The van der Waals surface area contributed by atoms with Gasteiger partial charge in [-0.05, 0) is 0 Å². The van der Waals surface area contributed by atoms with Gasteiger partial charge in [-0.1, -0.05) is 31.9 Å². The quantitative estimate of drug-likeness (QED) is 0.554. The van der Waals surface area contributed by atoms with Crippen molar-refractivity contribution in [1.82, 2.24) is 0 Å². The molecule has 4 heavy (non-hydrogen) atoms. The van der Waals surface area contributed by atoms with Gasteiger partial charge in [0, 0.05) is 14.7 Å². The standard InChI is InChI=1S/C2H4Br2/c3-1-2-4/h1-2H2/i1D,2D2. The molecule has 0 spiro atoms. The molecule has 0 saturated carbocycles. The molecule has 0 N–H and O–H groups in total. The van der Waals surface area contributed by atoms with Crippen molar-refractivity contribution in [2.45, 2.75) is 0 Å². The molecular weight excluding hydrogens is 184 g/mol. The highest BCUT2D eigenvalue weighted by molar-refractivity contribution is 9.11. The van der Waals surface area contributed by atoms with Crippen LogP contribution >= 0.6 is 31.9 Å². The summed E-state index contributed by atoms with van der Waals surface area (Å²) >= 11 is 5.38. The van der Waals surface area contributed by atoms with Crippen molar-refractivity contribution in [3.05, 3.63) is 0 Å². The van der Waals surface area contributed by atoms with Gasteiger partial charge in [-0.15, -0.1) is 0 Å². The van der Waals surface area contributed by atoms with Crippen molar-refractivity contribution in [2.75, 3.05) is 10.6 Å². The molecule has 1 unspecified atom stereocenters. The van der Waals surface area contributed by atoms with E-state index in [0.29, 0.717) is 0 Å². The highest BCUT2D eigenvalue weighted by atomic mass is 79.9. The number of alkyl halides is 2. The van der Waals surface area contributed by atoms with Gasteiger partial charge in [-0.3, -0.25) is 0 Å². The smallest absolute Gasteiger partial charge is 0.0395 e. The van der Waals surface area contributed by atoms with Gasteiger partial charge >= 0.3 is 0 Å². The van der Waals surface area contributed by atoms with Crippen LogP contribution in [-0.2, 0) is 0 Å². The molecule has 0 heterocycles. The SMILES string of the molecule is [2H]C(Br)C([2H])([2H])Br. The highest BCUT2D eigenvalue weighted by Gasteiger charge is 1.60. The Kier molecular flexibility index (Phi) is 1.59. The Labute approximate surface area is 47.1 Å². The van der Waals surface area contributed by atoms with Crippen LogP contribution in [-0.4, -0.2) is 10.6 Å². The molecule has 0 radical (unpaired) electrons. The summed E-state index contributed by atoms with van der Waals surface area (Å²) in [5.41, 5.74) is 0. The Hall–Kier alpha value is 0.960. The maximum absolute atomic E-state index is 6.74. The monoisotopic (exact) mass is 189 g/mol. The predicted molar refractivity (Wildman–Crippen MR) is 27.6 cm³/mol. The molecule has 0 rings (SSSR count). The van der Waals surface area contributed by atoms with E-state index in [1.807, 2.05) is 0 Å². The predicted octanol–water partition coefficient (Wildman–Crippen LogP) is 1.78. The zero-order valence-electron chi connectivity index (χ0n) is 4.83. The topological polar surface area (TPSA) is 0 Å². The molecule has 0 aliphatic heterocycles. The summed E-state index contributed by atoms with van der Waals surface area (Å²) in [7, 11) is 0. The summed E-state index contributed by atoms with van der Waals surface area (Å²) in [5.74, 6) is 0. The largest absolute Gasteiger partial charge is 0.0919 e. The zero-order valence-corrected chi connectivity index (χ0v) is 5.01. The van der Waals surface area contributed by atoms with Crippen LogP contribution < -0.4 is 0 Å². The molecule has 0 amide bonds. The summed E-state index contributed by atoms with van der Waals surface area (Å²) in [6, 6.07) is 0. The first-order valence-corrected chi connectivity index (χ1v) is 2.40. The van der Waals surface area contributed by atoms with Gasteiger partial charge in [0.25, 0.3) is 0 Å². The molecule has 0 aliphatic rings. The average molecular weight is 191 g/mol. The van der Waals surface area contributed by atoms with E-state index in [4.69, 9.17) is 4.11 Å². The van der Waals surface area contributed by atoms with Crippen LogP contribution in [0.25, 0.3) is 0 Å².